The first kappa shape index (κ1) is 19.8. The zero-order valence-electron chi connectivity index (χ0n) is 16.4. The second-order valence-corrected chi connectivity index (χ2v) is 7.41. The van der Waals surface area contributed by atoms with E-state index in [1.54, 1.807) is 18.2 Å². The number of nitrogens with zero attached hydrogens (tertiary/aromatic N) is 4. The van der Waals surface area contributed by atoms with Gasteiger partial charge in [-0.3, -0.25) is 4.79 Å². The fraction of sp³-hybridized carbons (Fsp3) is 0.190. The molecule has 0 bridgehead atoms. The maximum absolute atomic E-state index is 12.5. The van der Waals surface area contributed by atoms with Crippen LogP contribution < -0.4 is 10.6 Å². The Bertz CT molecular complexity index is 1060. The quantitative estimate of drug-likeness (QED) is 0.574. The van der Waals surface area contributed by atoms with Crippen LogP contribution in [0.3, 0.4) is 0 Å². The van der Waals surface area contributed by atoms with Crippen LogP contribution in [0.25, 0.3) is 5.57 Å². The zero-order chi connectivity index (χ0) is 20.9. The Kier molecular flexibility index (Phi) is 5.69. The van der Waals surface area contributed by atoms with Crippen molar-refractivity contribution in [3.05, 3.63) is 71.7 Å². The van der Waals surface area contributed by atoms with E-state index < -0.39 is 0 Å². The van der Waals surface area contributed by atoms with Gasteiger partial charge in [-0.05, 0) is 46.5 Å². The number of carbonyl (C=O) groups is 1. The Morgan fingerprint density at radius 2 is 1.86 bits per heavy atom. The minimum Gasteiger partial charge on any atom is -0.360 e. The highest BCUT2D eigenvalue weighted by Gasteiger charge is 2.14. The minimum atomic E-state index is -0.192. The number of aromatic nitrogens is 4. The molecule has 0 aliphatic heterocycles. The van der Waals surface area contributed by atoms with Crippen LogP contribution in [-0.2, 0) is 5.41 Å². The average Bonchev–Trinajstić information content (AvgIpc) is 3.23. The van der Waals surface area contributed by atoms with Gasteiger partial charge >= 0.3 is 0 Å². The molecule has 29 heavy (non-hydrogen) atoms. The summed E-state index contributed by atoms with van der Waals surface area (Å²) in [6.07, 6.45) is 1.48. The molecule has 3 aromatic rings. The summed E-state index contributed by atoms with van der Waals surface area (Å²) in [4.78, 5) is 12.5. The van der Waals surface area contributed by atoms with Gasteiger partial charge in [0.05, 0.1) is 0 Å². The fourth-order valence-electron chi connectivity index (χ4n) is 2.59. The van der Waals surface area contributed by atoms with Crippen LogP contribution in [0.5, 0.6) is 0 Å². The molecule has 3 N–H and O–H groups in total. The molecule has 0 atom stereocenters. The summed E-state index contributed by atoms with van der Waals surface area (Å²) in [6, 6.07) is 16.8. The molecule has 0 unspecified atom stereocenters. The molecule has 146 valence electrons. The maximum Gasteiger partial charge on any atom is 0.255 e. The molecule has 0 fully saturated rings. The number of benzene rings is 2. The number of nitriles is 1. The largest absolute Gasteiger partial charge is 0.360 e. The van der Waals surface area contributed by atoms with Crippen LogP contribution in [0.15, 0.2) is 54.7 Å². The summed E-state index contributed by atoms with van der Waals surface area (Å²) in [6.45, 7) is 6.39. The van der Waals surface area contributed by atoms with E-state index in [0.29, 0.717) is 16.9 Å². The van der Waals surface area contributed by atoms with Crippen molar-refractivity contribution in [3.63, 3.8) is 0 Å². The van der Waals surface area contributed by atoms with Gasteiger partial charge in [0.25, 0.3) is 5.91 Å². The number of allylic oxidation sites excluding steroid dienone is 1. The van der Waals surface area contributed by atoms with Crippen molar-refractivity contribution < 1.29 is 4.79 Å². The van der Waals surface area contributed by atoms with Crippen molar-refractivity contribution in [3.8, 4) is 6.07 Å². The van der Waals surface area contributed by atoms with Crippen molar-refractivity contribution in [2.24, 2.45) is 0 Å². The summed E-state index contributed by atoms with van der Waals surface area (Å²) in [7, 11) is 0. The highest BCUT2D eigenvalue weighted by atomic mass is 16.1. The zero-order valence-corrected chi connectivity index (χ0v) is 16.4. The van der Waals surface area contributed by atoms with Crippen LogP contribution in [0, 0.1) is 11.3 Å². The number of hydrogen-bond donors (Lipinski definition) is 3. The fourth-order valence-corrected chi connectivity index (χ4v) is 2.59. The van der Waals surface area contributed by atoms with Gasteiger partial charge in [-0.15, -0.1) is 10.2 Å². The van der Waals surface area contributed by atoms with Crippen molar-refractivity contribution in [2.45, 2.75) is 26.2 Å². The van der Waals surface area contributed by atoms with Gasteiger partial charge in [0.1, 0.15) is 11.6 Å². The third kappa shape index (κ3) is 5.05. The van der Waals surface area contributed by atoms with Gasteiger partial charge in [0.2, 0.25) is 5.82 Å². The lowest BCUT2D eigenvalue weighted by Gasteiger charge is -2.19. The van der Waals surface area contributed by atoms with Gasteiger partial charge in [-0.1, -0.05) is 39.0 Å². The van der Waals surface area contributed by atoms with Crippen LogP contribution in [-0.4, -0.2) is 26.5 Å². The number of aromatic amines is 1. The van der Waals surface area contributed by atoms with Gasteiger partial charge < -0.3 is 10.6 Å². The van der Waals surface area contributed by atoms with E-state index in [9.17, 15) is 10.1 Å². The highest BCUT2D eigenvalue weighted by molar-refractivity contribution is 6.04. The van der Waals surface area contributed by atoms with Crippen molar-refractivity contribution in [1.29, 1.82) is 5.26 Å². The maximum atomic E-state index is 12.5. The molecule has 0 saturated heterocycles. The van der Waals surface area contributed by atoms with Gasteiger partial charge in [-0.2, -0.15) is 10.5 Å². The van der Waals surface area contributed by atoms with E-state index in [1.165, 1.54) is 11.8 Å². The van der Waals surface area contributed by atoms with E-state index in [1.807, 2.05) is 36.4 Å². The first-order chi connectivity index (χ1) is 13.9. The molecule has 3 rings (SSSR count). The Labute approximate surface area is 168 Å². The number of nitrogens with one attached hydrogen (secondary N) is 3. The molecule has 8 heteroatoms. The van der Waals surface area contributed by atoms with E-state index >= 15 is 0 Å². The first-order valence-corrected chi connectivity index (χ1v) is 8.99. The molecule has 0 radical (unpaired) electrons. The molecule has 8 nitrogen and oxygen atoms in total. The van der Waals surface area contributed by atoms with E-state index in [0.717, 1.165) is 0 Å². The van der Waals surface area contributed by atoms with Crippen LogP contribution in [0.2, 0.25) is 0 Å². The number of carbonyl (C=O) groups excluding carboxylic acids is 1. The monoisotopic (exact) mass is 387 g/mol. The van der Waals surface area contributed by atoms with Crippen LogP contribution in [0.4, 0.5) is 11.4 Å². The second kappa shape index (κ2) is 8.35. The predicted octanol–water partition coefficient (Wildman–Crippen LogP) is 3.73. The van der Waals surface area contributed by atoms with E-state index in [4.69, 9.17) is 0 Å². The van der Waals surface area contributed by atoms with E-state index in [2.05, 4.69) is 52.0 Å². The molecule has 1 amide bonds. The number of tetrazole rings is 1. The average molecular weight is 387 g/mol. The Morgan fingerprint density at radius 3 is 2.48 bits per heavy atom. The lowest BCUT2D eigenvalue weighted by Crippen LogP contribution is -2.14. The lowest BCUT2D eigenvalue weighted by atomic mass is 9.87. The van der Waals surface area contributed by atoms with Gasteiger partial charge in [0.15, 0.2) is 0 Å². The summed E-state index contributed by atoms with van der Waals surface area (Å²) in [5.74, 6) is 0.00539. The molecule has 0 aliphatic carbocycles. The van der Waals surface area contributed by atoms with Crippen LogP contribution in [0.1, 0.15) is 42.5 Å². The number of anilines is 2. The topological polar surface area (TPSA) is 119 Å². The molecule has 1 heterocycles. The Morgan fingerprint density at radius 1 is 1.14 bits per heavy atom. The normalized spacial score (nSPS) is 11.6. The van der Waals surface area contributed by atoms with Gasteiger partial charge in [-0.25, -0.2) is 0 Å². The third-order valence-corrected chi connectivity index (χ3v) is 4.22. The van der Waals surface area contributed by atoms with Crippen molar-refractivity contribution in [1.82, 2.24) is 20.6 Å². The smallest absolute Gasteiger partial charge is 0.255 e. The van der Waals surface area contributed by atoms with E-state index in [-0.39, 0.29) is 22.7 Å². The standard InChI is InChI=1S/C21H21N7O/c1-21(2,3)16-9-7-14(8-10-16)20(29)24-18-6-4-5-17(11-18)23-13-15(12-22)19-25-27-28-26-19/h4-11,13,23H,1-3H3,(H,24,29)(H,25,26,27,28). The second-order valence-electron chi connectivity index (χ2n) is 7.41. The third-order valence-electron chi connectivity index (χ3n) is 4.22. The number of rotatable bonds is 5. The summed E-state index contributed by atoms with van der Waals surface area (Å²) >= 11 is 0. The molecule has 0 spiro atoms. The highest BCUT2D eigenvalue weighted by Crippen LogP contribution is 2.23. The van der Waals surface area contributed by atoms with Crippen molar-refractivity contribution >= 4 is 22.9 Å². The Hall–Kier alpha value is -3.99. The summed E-state index contributed by atoms with van der Waals surface area (Å²) in [5, 5.41) is 28.4. The SMILES string of the molecule is CC(C)(C)c1ccc(C(=O)Nc2cccc(NC=C(C#N)c3nn[nH]n3)c2)cc1. The molecule has 0 saturated carbocycles. The van der Waals surface area contributed by atoms with Crippen LogP contribution >= 0.6 is 0 Å². The molecule has 1 aromatic heterocycles. The predicted molar refractivity (Wildman–Crippen MR) is 111 cm³/mol. The molecular formula is C21H21N7O. The number of H-pyrrole nitrogens is 1. The Balaban J connectivity index is 1.70. The first-order valence-electron chi connectivity index (χ1n) is 8.99. The van der Waals surface area contributed by atoms with Gasteiger partial charge in [0, 0.05) is 23.1 Å². The number of amides is 1. The molecule has 0 aliphatic rings. The summed E-state index contributed by atoms with van der Waals surface area (Å²) < 4.78 is 0. The number of hydrogen-bond acceptors (Lipinski definition) is 6. The minimum absolute atomic E-state index is 0.0340. The van der Waals surface area contributed by atoms with Crippen molar-refractivity contribution in [2.75, 3.05) is 10.6 Å². The molecular weight excluding hydrogens is 366 g/mol. The lowest BCUT2D eigenvalue weighted by molar-refractivity contribution is 0.102. The summed E-state index contributed by atoms with van der Waals surface area (Å²) in [5.41, 5.74) is 3.34. The molecule has 2 aromatic carbocycles.